The number of nitrogens with zero attached hydrogens (tertiary/aromatic N) is 4. The first-order chi connectivity index (χ1) is 14.4. The summed E-state index contributed by atoms with van der Waals surface area (Å²) in [4.78, 5) is 0. The van der Waals surface area contributed by atoms with Gasteiger partial charge in [0.25, 0.3) is 0 Å². The summed E-state index contributed by atoms with van der Waals surface area (Å²) in [6.07, 6.45) is 4.71. The van der Waals surface area contributed by atoms with Crippen LogP contribution in [0.1, 0.15) is 31.9 Å². The molecule has 0 atom stereocenters. The summed E-state index contributed by atoms with van der Waals surface area (Å²) in [5.74, 6) is 2.04. The standard InChI is InChI=1S/C22H25BrN4O3/c1-22(2,3)17-5-7-18(8-6-17)29-9-10-30-21-19(23)11-16(12-20(21)28-4)13-26-27-14-24-25-15-27/h5-8,11-15H,9-10H2,1-4H3/b26-13-. The molecule has 0 aliphatic carbocycles. The summed E-state index contributed by atoms with van der Waals surface area (Å²) in [5.41, 5.74) is 2.24. The maximum atomic E-state index is 5.90. The average molecular weight is 473 g/mol. The second-order valence-corrected chi connectivity index (χ2v) is 8.45. The van der Waals surface area contributed by atoms with Gasteiger partial charge in [-0.3, -0.25) is 0 Å². The first-order valence-corrected chi connectivity index (χ1v) is 10.3. The van der Waals surface area contributed by atoms with Crippen molar-refractivity contribution in [2.24, 2.45) is 5.10 Å². The zero-order valence-corrected chi connectivity index (χ0v) is 19.1. The number of methoxy groups -OCH3 is 1. The molecule has 158 valence electrons. The molecule has 0 aliphatic heterocycles. The predicted octanol–water partition coefficient (Wildman–Crippen LogP) is 4.69. The van der Waals surface area contributed by atoms with E-state index < -0.39 is 0 Å². The summed E-state index contributed by atoms with van der Waals surface area (Å²) in [5, 5.41) is 11.7. The molecule has 0 bridgehead atoms. The number of rotatable bonds is 8. The van der Waals surface area contributed by atoms with Crippen molar-refractivity contribution in [3.8, 4) is 17.2 Å². The van der Waals surface area contributed by atoms with Gasteiger partial charge in [0.2, 0.25) is 0 Å². The molecule has 1 heterocycles. The maximum Gasteiger partial charge on any atom is 0.175 e. The van der Waals surface area contributed by atoms with Gasteiger partial charge in [0.15, 0.2) is 11.5 Å². The number of ether oxygens (including phenoxy) is 3. The molecule has 0 N–H and O–H groups in total. The monoisotopic (exact) mass is 472 g/mol. The minimum Gasteiger partial charge on any atom is -0.493 e. The van der Waals surface area contributed by atoms with Gasteiger partial charge in [-0.25, -0.2) is 4.68 Å². The highest BCUT2D eigenvalue weighted by atomic mass is 79.9. The second kappa shape index (κ2) is 9.75. The van der Waals surface area contributed by atoms with E-state index in [4.69, 9.17) is 14.2 Å². The molecule has 0 saturated heterocycles. The van der Waals surface area contributed by atoms with Gasteiger partial charge in [0.1, 0.15) is 31.6 Å². The van der Waals surface area contributed by atoms with E-state index in [1.54, 1.807) is 13.3 Å². The van der Waals surface area contributed by atoms with Crippen LogP contribution in [0, 0.1) is 0 Å². The molecule has 30 heavy (non-hydrogen) atoms. The van der Waals surface area contributed by atoms with Crippen LogP contribution < -0.4 is 14.2 Å². The van der Waals surface area contributed by atoms with Crippen molar-refractivity contribution in [3.05, 3.63) is 64.7 Å². The molecule has 3 rings (SSSR count). The van der Waals surface area contributed by atoms with Gasteiger partial charge in [-0.2, -0.15) is 5.10 Å². The Hall–Kier alpha value is -2.87. The lowest BCUT2D eigenvalue weighted by Gasteiger charge is -2.19. The van der Waals surface area contributed by atoms with Gasteiger partial charge in [-0.1, -0.05) is 32.9 Å². The van der Waals surface area contributed by atoms with Crippen molar-refractivity contribution < 1.29 is 14.2 Å². The van der Waals surface area contributed by atoms with Crippen molar-refractivity contribution in [2.45, 2.75) is 26.2 Å². The summed E-state index contributed by atoms with van der Waals surface area (Å²) in [7, 11) is 1.60. The molecule has 8 heteroatoms. The van der Waals surface area contributed by atoms with Crippen LogP contribution in [-0.4, -0.2) is 41.4 Å². The van der Waals surface area contributed by atoms with Crippen molar-refractivity contribution in [1.82, 2.24) is 14.9 Å². The van der Waals surface area contributed by atoms with Crippen LogP contribution in [-0.2, 0) is 5.41 Å². The molecule has 3 aromatic rings. The fourth-order valence-electron chi connectivity index (χ4n) is 2.70. The molecule has 7 nitrogen and oxygen atoms in total. The zero-order chi connectivity index (χ0) is 21.6. The molecule has 0 radical (unpaired) electrons. The molecular formula is C22H25BrN4O3. The predicted molar refractivity (Wildman–Crippen MR) is 120 cm³/mol. The summed E-state index contributed by atoms with van der Waals surface area (Å²) < 4.78 is 19.4. The van der Waals surface area contributed by atoms with Crippen molar-refractivity contribution >= 4 is 22.1 Å². The third kappa shape index (κ3) is 5.82. The van der Waals surface area contributed by atoms with Crippen LogP contribution in [0.3, 0.4) is 0 Å². The number of hydrogen-bond acceptors (Lipinski definition) is 6. The van der Waals surface area contributed by atoms with Crippen molar-refractivity contribution in [3.63, 3.8) is 0 Å². The molecule has 2 aromatic carbocycles. The van der Waals surface area contributed by atoms with Crippen LogP contribution >= 0.6 is 15.9 Å². The minimum atomic E-state index is 0.122. The van der Waals surface area contributed by atoms with Gasteiger partial charge in [0.05, 0.1) is 17.8 Å². The molecule has 0 unspecified atom stereocenters. The smallest absolute Gasteiger partial charge is 0.175 e. The van der Waals surface area contributed by atoms with E-state index in [0.29, 0.717) is 24.7 Å². The highest BCUT2D eigenvalue weighted by Gasteiger charge is 2.13. The van der Waals surface area contributed by atoms with E-state index in [0.717, 1.165) is 15.8 Å². The molecule has 1 aromatic heterocycles. The lowest BCUT2D eigenvalue weighted by Crippen LogP contribution is -2.12. The van der Waals surface area contributed by atoms with Gasteiger partial charge >= 0.3 is 0 Å². The average Bonchev–Trinajstić information content (AvgIpc) is 3.23. The fraction of sp³-hybridized carbons (Fsp3) is 0.318. The third-order valence-electron chi connectivity index (χ3n) is 4.32. The Labute approximate surface area is 184 Å². The number of aromatic nitrogens is 3. The van der Waals surface area contributed by atoms with Crippen LogP contribution in [0.25, 0.3) is 0 Å². The minimum absolute atomic E-state index is 0.122. The van der Waals surface area contributed by atoms with E-state index in [-0.39, 0.29) is 5.41 Å². The molecule has 0 aliphatic rings. The first kappa shape index (κ1) is 21.8. The quantitative estimate of drug-likeness (QED) is 0.351. The Morgan fingerprint density at radius 3 is 2.33 bits per heavy atom. The van der Waals surface area contributed by atoms with E-state index in [1.165, 1.54) is 22.9 Å². The summed E-state index contributed by atoms with van der Waals surface area (Å²) in [6, 6.07) is 11.9. The molecule has 0 fully saturated rings. The number of hydrogen-bond donors (Lipinski definition) is 0. The van der Waals surface area contributed by atoms with E-state index >= 15 is 0 Å². The number of halogens is 1. The largest absolute Gasteiger partial charge is 0.493 e. The topological polar surface area (TPSA) is 70.8 Å². The maximum absolute atomic E-state index is 5.90. The lowest BCUT2D eigenvalue weighted by atomic mass is 9.87. The second-order valence-electron chi connectivity index (χ2n) is 7.59. The molecule has 0 saturated carbocycles. The summed E-state index contributed by atoms with van der Waals surface area (Å²) in [6.45, 7) is 7.36. The Balaban J connectivity index is 1.58. The van der Waals surface area contributed by atoms with Crippen LogP contribution in [0.4, 0.5) is 0 Å². The molecule has 0 amide bonds. The fourth-order valence-corrected chi connectivity index (χ4v) is 3.27. The Morgan fingerprint density at radius 2 is 1.70 bits per heavy atom. The van der Waals surface area contributed by atoms with Crippen molar-refractivity contribution in [1.29, 1.82) is 0 Å². The van der Waals surface area contributed by atoms with E-state index in [9.17, 15) is 0 Å². The normalized spacial score (nSPS) is 11.6. The highest BCUT2D eigenvalue weighted by Crippen LogP contribution is 2.36. The van der Waals surface area contributed by atoms with Gasteiger partial charge < -0.3 is 14.2 Å². The SMILES string of the molecule is COc1cc(/C=N\n2cnnc2)cc(Br)c1OCCOc1ccc(C(C)(C)C)cc1. The Morgan fingerprint density at radius 1 is 1.03 bits per heavy atom. The van der Waals surface area contributed by atoms with E-state index in [2.05, 4.69) is 64.1 Å². The molecule has 0 spiro atoms. The van der Waals surface area contributed by atoms with E-state index in [1.807, 2.05) is 24.3 Å². The van der Waals surface area contributed by atoms with Crippen LogP contribution in [0.5, 0.6) is 17.2 Å². The van der Waals surface area contributed by atoms with Gasteiger partial charge in [0, 0.05) is 0 Å². The first-order valence-electron chi connectivity index (χ1n) is 9.49. The van der Waals surface area contributed by atoms with Gasteiger partial charge in [-0.05, 0) is 56.7 Å². The lowest BCUT2D eigenvalue weighted by molar-refractivity contribution is 0.210. The van der Waals surface area contributed by atoms with Gasteiger partial charge in [-0.15, -0.1) is 10.2 Å². The van der Waals surface area contributed by atoms with Crippen molar-refractivity contribution in [2.75, 3.05) is 20.3 Å². The highest BCUT2D eigenvalue weighted by molar-refractivity contribution is 9.10. The Bertz CT molecular complexity index is 981. The van der Waals surface area contributed by atoms with Crippen LogP contribution in [0.2, 0.25) is 0 Å². The van der Waals surface area contributed by atoms with Crippen LogP contribution in [0.15, 0.2) is 58.6 Å². The molecular weight excluding hydrogens is 448 g/mol. The number of benzene rings is 2. The zero-order valence-electron chi connectivity index (χ0n) is 17.5. The Kier molecular flexibility index (Phi) is 7.10. The summed E-state index contributed by atoms with van der Waals surface area (Å²) >= 11 is 3.54. The third-order valence-corrected chi connectivity index (χ3v) is 4.91.